The van der Waals surface area contributed by atoms with Gasteiger partial charge in [-0.05, 0) is 30.4 Å². The molecule has 0 heterocycles. The Labute approximate surface area is 116 Å². The molecule has 1 atom stereocenters. The van der Waals surface area contributed by atoms with Gasteiger partial charge in [-0.1, -0.05) is 45.9 Å². The van der Waals surface area contributed by atoms with Gasteiger partial charge in [0, 0.05) is 12.2 Å². The number of nitrogens with one attached hydrogen (secondary N) is 2. The third-order valence-electron chi connectivity index (χ3n) is 3.05. The van der Waals surface area contributed by atoms with Crippen LogP contribution in [-0.4, -0.2) is 18.5 Å². The SMILES string of the molecule is CCCNC(=O)C(C)Nc1ccccc1C(C)(C)C. The van der Waals surface area contributed by atoms with Crippen LogP contribution in [0.4, 0.5) is 5.69 Å². The number of para-hydroxylation sites is 1. The zero-order chi connectivity index (χ0) is 14.5. The number of benzene rings is 1. The summed E-state index contributed by atoms with van der Waals surface area (Å²) >= 11 is 0. The van der Waals surface area contributed by atoms with E-state index >= 15 is 0 Å². The molecule has 19 heavy (non-hydrogen) atoms. The van der Waals surface area contributed by atoms with E-state index in [1.807, 2.05) is 32.0 Å². The van der Waals surface area contributed by atoms with Gasteiger partial charge in [-0.2, -0.15) is 0 Å². The predicted octanol–water partition coefficient (Wildman–Crippen LogP) is 3.31. The summed E-state index contributed by atoms with van der Waals surface area (Å²) in [7, 11) is 0. The number of amides is 1. The molecule has 0 spiro atoms. The van der Waals surface area contributed by atoms with Gasteiger partial charge in [-0.3, -0.25) is 4.79 Å². The summed E-state index contributed by atoms with van der Waals surface area (Å²) in [6, 6.07) is 7.94. The third-order valence-corrected chi connectivity index (χ3v) is 3.05. The highest BCUT2D eigenvalue weighted by atomic mass is 16.2. The van der Waals surface area contributed by atoms with E-state index in [2.05, 4.69) is 37.5 Å². The van der Waals surface area contributed by atoms with Gasteiger partial charge < -0.3 is 10.6 Å². The summed E-state index contributed by atoms with van der Waals surface area (Å²) in [5.41, 5.74) is 2.32. The van der Waals surface area contributed by atoms with Crippen LogP contribution in [0.2, 0.25) is 0 Å². The van der Waals surface area contributed by atoms with Gasteiger partial charge in [0.2, 0.25) is 5.91 Å². The number of carbonyl (C=O) groups excluding carboxylic acids is 1. The fourth-order valence-electron chi connectivity index (χ4n) is 1.96. The van der Waals surface area contributed by atoms with E-state index in [9.17, 15) is 4.79 Å². The largest absolute Gasteiger partial charge is 0.374 e. The van der Waals surface area contributed by atoms with Crippen LogP contribution < -0.4 is 10.6 Å². The van der Waals surface area contributed by atoms with Crippen LogP contribution in [0.3, 0.4) is 0 Å². The lowest BCUT2D eigenvalue weighted by Crippen LogP contribution is -2.38. The zero-order valence-corrected chi connectivity index (χ0v) is 12.7. The number of carbonyl (C=O) groups is 1. The Bertz CT molecular complexity index is 421. The van der Waals surface area contributed by atoms with Crippen molar-refractivity contribution in [1.82, 2.24) is 5.32 Å². The minimum absolute atomic E-state index is 0.0468. The van der Waals surface area contributed by atoms with Crippen LogP contribution in [0.25, 0.3) is 0 Å². The van der Waals surface area contributed by atoms with E-state index in [4.69, 9.17) is 0 Å². The zero-order valence-electron chi connectivity index (χ0n) is 12.7. The average molecular weight is 262 g/mol. The first-order chi connectivity index (χ1) is 8.86. The molecule has 106 valence electrons. The molecule has 3 nitrogen and oxygen atoms in total. The fraction of sp³-hybridized carbons (Fsp3) is 0.562. The highest BCUT2D eigenvalue weighted by Crippen LogP contribution is 2.29. The normalized spacial score (nSPS) is 12.9. The summed E-state index contributed by atoms with van der Waals surface area (Å²) in [5, 5.41) is 6.22. The molecule has 0 saturated carbocycles. The predicted molar refractivity (Wildman–Crippen MR) is 81.5 cm³/mol. The van der Waals surface area contributed by atoms with Crippen molar-refractivity contribution in [2.75, 3.05) is 11.9 Å². The maximum atomic E-state index is 11.9. The topological polar surface area (TPSA) is 41.1 Å². The molecule has 0 fully saturated rings. The van der Waals surface area contributed by atoms with Crippen LogP contribution in [0.15, 0.2) is 24.3 Å². The second kappa shape index (κ2) is 6.60. The van der Waals surface area contributed by atoms with Crippen molar-refractivity contribution in [1.29, 1.82) is 0 Å². The lowest BCUT2D eigenvalue weighted by molar-refractivity contribution is -0.121. The van der Waals surface area contributed by atoms with Gasteiger partial charge in [0.1, 0.15) is 6.04 Å². The molecule has 0 saturated heterocycles. The highest BCUT2D eigenvalue weighted by Gasteiger charge is 2.19. The van der Waals surface area contributed by atoms with Crippen molar-refractivity contribution >= 4 is 11.6 Å². The molecule has 1 amide bonds. The standard InChI is InChI=1S/C16H26N2O/c1-6-11-17-15(19)12(2)18-14-10-8-7-9-13(14)16(3,4)5/h7-10,12,18H,6,11H2,1-5H3,(H,17,19). The Morgan fingerprint density at radius 2 is 1.89 bits per heavy atom. The second-order valence-corrected chi connectivity index (χ2v) is 5.95. The number of hydrogen-bond acceptors (Lipinski definition) is 2. The van der Waals surface area contributed by atoms with Gasteiger partial charge in [0.25, 0.3) is 0 Å². The summed E-state index contributed by atoms with van der Waals surface area (Å²) in [6.45, 7) is 11.2. The molecule has 0 aliphatic carbocycles. The molecule has 0 aromatic heterocycles. The van der Waals surface area contributed by atoms with E-state index in [1.54, 1.807) is 0 Å². The Morgan fingerprint density at radius 3 is 2.47 bits per heavy atom. The quantitative estimate of drug-likeness (QED) is 0.854. The maximum Gasteiger partial charge on any atom is 0.242 e. The van der Waals surface area contributed by atoms with Gasteiger partial charge in [-0.15, -0.1) is 0 Å². The molecule has 2 N–H and O–H groups in total. The molecule has 0 radical (unpaired) electrons. The van der Waals surface area contributed by atoms with Crippen LogP contribution in [-0.2, 0) is 10.2 Å². The first-order valence-electron chi connectivity index (χ1n) is 7.00. The Morgan fingerprint density at radius 1 is 1.26 bits per heavy atom. The van der Waals surface area contributed by atoms with Crippen molar-refractivity contribution in [3.63, 3.8) is 0 Å². The van der Waals surface area contributed by atoms with Gasteiger partial charge in [0.15, 0.2) is 0 Å². The summed E-state index contributed by atoms with van der Waals surface area (Å²) in [4.78, 5) is 11.9. The Balaban J connectivity index is 2.80. The first-order valence-corrected chi connectivity index (χ1v) is 7.00. The molecule has 0 aliphatic rings. The monoisotopic (exact) mass is 262 g/mol. The molecule has 1 unspecified atom stereocenters. The Hall–Kier alpha value is -1.51. The fourth-order valence-corrected chi connectivity index (χ4v) is 1.96. The maximum absolute atomic E-state index is 11.9. The summed E-state index contributed by atoms with van der Waals surface area (Å²) < 4.78 is 0. The van der Waals surface area contributed by atoms with Crippen LogP contribution in [0, 0.1) is 0 Å². The van der Waals surface area contributed by atoms with E-state index in [-0.39, 0.29) is 17.4 Å². The molecular formula is C16H26N2O. The van der Waals surface area contributed by atoms with Crippen LogP contribution in [0.1, 0.15) is 46.6 Å². The van der Waals surface area contributed by atoms with Crippen LogP contribution >= 0.6 is 0 Å². The molecule has 1 rings (SSSR count). The molecule has 0 bridgehead atoms. The van der Waals surface area contributed by atoms with Crippen molar-refractivity contribution < 1.29 is 4.79 Å². The third kappa shape index (κ3) is 4.58. The lowest BCUT2D eigenvalue weighted by atomic mass is 9.85. The lowest BCUT2D eigenvalue weighted by Gasteiger charge is -2.25. The van der Waals surface area contributed by atoms with Crippen molar-refractivity contribution in [3.05, 3.63) is 29.8 Å². The minimum atomic E-state index is -0.227. The smallest absolute Gasteiger partial charge is 0.242 e. The summed E-state index contributed by atoms with van der Waals surface area (Å²) in [6.07, 6.45) is 0.955. The average Bonchev–Trinajstić information content (AvgIpc) is 2.35. The van der Waals surface area contributed by atoms with Gasteiger partial charge >= 0.3 is 0 Å². The Kier molecular flexibility index (Phi) is 5.40. The molecular weight excluding hydrogens is 236 g/mol. The van der Waals surface area contributed by atoms with Crippen molar-refractivity contribution in [2.45, 2.75) is 52.5 Å². The van der Waals surface area contributed by atoms with E-state index < -0.39 is 0 Å². The molecule has 0 aliphatic heterocycles. The molecule has 1 aromatic rings. The number of anilines is 1. The van der Waals surface area contributed by atoms with Crippen molar-refractivity contribution in [3.8, 4) is 0 Å². The first kappa shape index (κ1) is 15.5. The van der Waals surface area contributed by atoms with Crippen molar-refractivity contribution in [2.24, 2.45) is 0 Å². The highest BCUT2D eigenvalue weighted by molar-refractivity contribution is 5.84. The van der Waals surface area contributed by atoms with Gasteiger partial charge in [0.05, 0.1) is 0 Å². The molecule has 1 aromatic carbocycles. The summed E-state index contributed by atoms with van der Waals surface area (Å²) in [5.74, 6) is 0.0468. The number of hydrogen-bond donors (Lipinski definition) is 2. The minimum Gasteiger partial charge on any atom is -0.374 e. The van der Waals surface area contributed by atoms with E-state index in [1.165, 1.54) is 5.56 Å². The van der Waals surface area contributed by atoms with E-state index in [0.29, 0.717) is 0 Å². The molecule has 3 heteroatoms. The second-order valence-electron chi connectivity index (χ2n) is 5.95. The van der Waals surface area contributed by atoms with Crippen LogP contribution in [0.5, 0.6) is 0 Å². The van der Waals surface area contributed by atoms with Gasteiger partial charge in [-0.25, -0.2) is 0 Å². The van der Waals surface area contributed by atoms with E-state index in [0.717, 1.165) is 18.7 Å². The number of rotatable bonds is 5.